The molecule has 5 nitrogen and oxygen atoms in total. The number of hydrogen-bond acceptors (Lipinski definition) is 5. The van der Waals surface area contributed by atoms with Crippen LogP contribution in [-0.4, -0.2) is 30.7 Å². The van der Waals surface area contributed by atoms with E-state index in [1.807, 2.05) is 19.1 Å². The summed E-state index contributed by atoms with van der Waals surface area (Å²) in [6.07, 6.45) is 0. The average Bonchev–Trinajstić information content (AvgIpc) is 3.31. The number of aliphatic imine (C=N–C) groups is 1. The SMILES string of the molecule is Cc1ccc(NS(=O)(=O)c2cccs2)c2[nH]c(C3=NCCS3)cc12. The van der Waals surface area contributed by atoms with Crippen LogP contribution < -0.4 is 4.72 Å². The molecule has 0 radical (unpaired) electrons. The Labute approximate surface area is 148 Å². The van der Waals surface area contributed by atoms with Crippen LogP contribution in [0.15, 0.2) is 44.9 Å². The molecule has 24 heavy (non-hydrogen) atoms. The van der Waals surface area contributed by atoms with Crippen molar-refractivity contribution in [3.8, 4) is 0 Å². The van der Waals surface area contributed by atoms with E-state index >= 15 is 0 Å². The zero-order valence-electron chi connectivity index (χ0n) is 12.9. The van der Waals surface area contributed by atoms with Gasteiger partial charge in [-0.1, -0.05) is 12.1 Å². The number of aromatic amines is 1. The van der Waals surface area contributed by atoms with Crippen molar-refractivity contribution in [2.75, 3.05) is 17.0 Å². The number of hydrogen-bond donors (Lipinski definition) is 2. The van der Waals surface area contributed by atoms with Crippen LogP contribution in [0.4, 0.5) is 5.69 Å². The lowest BCUT2D eigenvalue weighted by molar-refractivity contribution is 0.603. The van der Waals surface area contributed by atoms with Gasteiger partial charge in [0.2, 0.25) is 0 Å². The van der Waals surface area contributed by atoms with Gasteiger partial charge in [-0.15, -0.1) is 23.1 Å². The number of fused-ring (bicyclic) bond motifs is 1. The lowest BCUT2D eigenvalue weighted by Crippen LogP contribution is -2.11. The number of benzene rings is 1. The molecule has 1 aromatic carbocycles. The second-order valence-corrected chi connectivity index (χ2v) is 9.42. The highest BCUT2D eigenvalue weighted by Gasteiger charge is 2.19. The Balaban J connectivity index is 1.80. The van der Waals surface area contributed by atoms with Gasteiger partial charge in [0.25, 0.3) is 10.0 Å². The van der Waals surface area contributed by atoms with Gasteiger partial charge in [0.1, 0.15) is 9.25 Å². The fraction of sp³-hybridized carbons (Fsp3) is 0.188. The average molecular weight is 378 g/mol. The summed E-state index contributed by atoms with van der Waals surface area (Å²) in [6.45, 7) is 2.84. The van der Waals surface area contributed by atoms with Crippen molar-refractivity contribution in [2.24, 2.45) is 4.99 Å². The van der Waals surface area contributed by atoms with E-state index in [9.17, 15) is 8.42 Å². The Morgan fingerprint density at radius 1 is 1.29 bits per heavy atom. The molecule has 1 aliphatic rings. The number of aromatic nitrogens is 1. The quantitative estimate of drug-likeness (QED) is 0.726. The Morgan fingerprint density at radius 3 is 2.88 bits per heavy atom. The highest BCUT2D eigenvalue weighted by Crippen LogP contribution is 2.31. The molecule has 0 bridgehead atoms. The summed E-state index contributed by atoms with van der Waals surface area (Å²) in [5.74, 6) is 0.988. The smallest absolute Gasteiger partial charge is 0.271 e. The molecule has 0 unspecified atom stereocenters. The first-order valence-corrected chi connectivity index (χ1v) is 10.8. The Bertz CT molecular complexity index is 1030. The van der Waals surface area contributed by atoms with Crippen molar-refractivity contribution in [2.45, 2.75) is 11.1 Å². The molecule has 1 aliphatic heterocycles. The topological polar surface area (TPSA) is 74.3 Å². The molecule has 0 saturated carbocycles. The van der Waals surface area contributed by atoms with Crippen molar-refractivity contribution in [1.82, 2.24) is 4.98 Å². The number of nitrogens with one attached hydrogen (secondary N) is 2. The maximum Gasteiger partial charge on any atom is 0.271 e. The molecule has 2 N–H and O–H groups in total. The highest BCUT2D eigenvalue weighted by atomic mass is 32.2. The van der Waals surface area contributed by atoms with Crippen LogP contribution in [0.3, 0.4) is 0 Å². The highest BCUT2D eigenvalue weighted by molar-refractivity contribution is 8.14. The predicted molar refractivity (Wildman–Crippen MR) is 102 cm³/mol. The number of aryl methyl sites for hydroxylation is 1. The molecule has 4 rings (SSSR count). The molecule has 0 atom stereocenters. The number of nitrogens with zero attached hydrogens (tertiary/aromatic N) is 1. The van der Waals surface area contributed by atoms with E-state index in [1.54, 1.807) is 35.3 Å². The van der Waals surface area contributed by atoms with E-state index in [2.05, 4.69) is 14.7 Å². The third kappa shape index (κ3) is 2.74. The van der Waals surface area contributed by atoms with E-state index in [0.717, 1.165) is 39.5 Å². The molecule has 3 heterocycles. The summed E-state index contributed by atoms with van der Waals surface area (Å²) in [5, 5.41) is 3.74. The van der Waals surface area contributed by atoms with Crippen LogP contribution >= 0.6 is 23.1 Å². The Morgan fingerprint density at radius 2 is 2.17 bits per heavy atom. The van der Waals surface area contributed by atoms with Gasteiger partial charge in [0.05, 0.1) is 16.9 Å². The third-order valence-corrected chi connectivity index (χ3v) is 7.60. The first-order chi connectivity index (χ1) is 11.5. The Kier molecular flexibility index (Phi) is 3.90. The minimum atomic E-state index is -3.57. The summed E-state index contributed by atoms with van der Waals surface area (Å²) in [6, 6.07) is 9.10. The van der Waals surface area contributed by atoms with Gasteiger partial charge in [-0.25, -0.2) is 8.42 Å². The van der Waals surface area contributed by atoms with Crippen molar-refractivity contribution in [3.63, 3.8) is 0 Å². The number of thiophene rings is 1. The zero-order valence-corrected chi connectivity index (χ0v) is 15.3. The van der Waals surface area contributed by atoms with Crippen molar-refractivity contribution < 1.29 is 8.42 Å². The van der Waals surface area contributed by atoms with Gasteiger partial charge in [0, 0.05) is 17.7 Å². The first-order valence-electron chi connectivity index (χ1n) is 7.41. The predicted octanol–water partition coefficient (Wildman–Crippen LogP) is 3.83. The summed E-state index contributed by atoms with van der Waals surface area (Å²) in [4.78, 5) is 7.83. The van der Waals surface area contributed by atoms with Crippen molar-refractivity contribution >= 4 is 54.8 Å². The second kappa shape index (κ2) is 5.94. The maximum absolute atomic E-state index is 12.5. The van der Waals surface area contributed by atoms with Crippen LogP contribution in [0, 0.1) is 6.92 Å². The van der Waals surface area contributed by atoms with Gasteiger partial charge in [0.15, 0.2) is 0 Å². The molecule has 0 amide bonds. The van der Waals surface area contributed by atoms with E-state index in [4.69, 9.17) is 0 Å². The molecule has 0 spiro atoms. The van der Waals surface area contributed by atoms with Crippen LogP contribution in [0.1, 0.15) is 11.3 Å². The van der Waals surface area contributed by atoms with Crippen molar-refractivity contribution in [1.29, 1.82) is 0 Å². The standard InChI is InChI=1S/C16H15N3O2S3/c1-10-4-5-12(19-24(20,21)14-3-2-7-22-14)15-11(10)9-13(18-15)16-17-6-8-23-16/h2-5,7,9,18-19H,6,8H2,1H3. The number of H-pyrrole nitrogens is 1. The summed E-state index contributed by atoms with van der Waals surface area (Å²) in [7, 11) is -3.57. The third-order valence-electron chi connectivity index (χ3n) is 3.83. The summed E-state index contributed by atoms with van der Waals surface area (Å²) in [5.41, 5.74) is 3.38. The number of rotatable bonds is 4. The number of thioether (sulfide) groups is 1. The summed E-state index contributed by atoms with van der Waals surface area (Å²) < 4.78 is 28.0. The van der Waals surface area contributed by atoms with Crippen LogP contribution in [-0.2, 0) is 10.0 Å². The normalized spacial score (nSPS) is 15.0. The molecule has 2 aromatic heterocycles. The lowest BCUT2D eigenvalue weighted by atomic mass is 10.1. The van der Waals surface area contributed by atoms with Gasteiger partial charge >= 0.3 is 0 Å². The van der Waals surface area contributed by atoms with E-state index in [-0.39, 0.29) is 0 Å². The largest absolute Gasteiger partial charge is 0.351 e. The molecular formula is C16H15N3O2S3. The van der Waals surface area contributed by atoms with Crippen molar-refractivity contribution in [3.05, 3.63) is 47.0 Å². The minimum Gasteiger partial charge on any atom is -0.351 e. The van der Waals surface area contributed by atoms with Gasteiger partial charge < -0.3 is 4.98 Å². The van der Waals surface area contributed by atoms with Crippen LogP contribution in [0.25, 0.3) is 10.9 Å². The fourth-order valence-electron chi connectivity index (χ4n) is 2.67. The summed E-state index contributed by atoms with van der Waals surface area (Å²) >= 11 is 2.92. The van der Waals surface area contributed by atoms with E-state index in [1.165, 1.54) is 11.3 Å². The molecule has 0 fully saturated rings. The van der Waals surface area contributed by atoms with Gasteiger partial charge in [-0.2, -0.15) is 0 Å². The molecule has 0 saturated heterocycles. The second-order valence-electron chi connectivity index (χ2n) is 5.47. The fourth-order valence-corrected chi connectivity index (χ4v) is 5.56. The number of anilines is 1. The molecule has 3 aromatic rings. The van der Waals surface area contributed by atoms with Crippen LogP contribution in [0.5, 0.6) is 0 Å². The molecular weight excluding hydrogens is 362 g/mol. The van der Waals surface area contributed by atoms with Crippen LogP contribution in [0.2, 0.25) is 0 Å². The number of sulfonamides is 1. The van der Waals surface area contributed by atoms with Gasteiger partial charge in [-0.3, -0.25) is 9.71 Å². The van der Waals surface area contributed by atoms with E-state index < -0.39 is 10.0 Å². The zero-order chi connectivity index (χ0) is 16.7. The maximum atomic E-state index is 12.5. The van der Waals surface area contributed by atoms with Gasteiger partial charge in [-0.05, 0) is 36.1 Å². The minimum absolute atomic E-state index is 0.304. The first kappa shape index (κ1) is 15.7. The molecule has 8 heteroatoms. The Hall–Kier alpha value is -1.77. The van der Waals surface area contributed by atoms with E-state index in [0.29, 0.717) is 9.90 Å². The molecule has 0 aliphatic carbocycles. The molecule has 124 valence electrons. The monoisotopic (exact) mass is 377 g/mol. The lowest BCUT2D eigenvalue weighted by Gasteiger charge is -2.08.